The lowest BCUT2D eigenvalue weighted by molar-refractivity contribution is -0.138. The minimum absolute atomic E-state index is 0.169. The van der Waals surface area contributed by atoms with Gasteiger partial charge in [-0.2, -0.15) is 13.2 Å². The molecule has 0 aliphatic heterocycles. The van der Waals surface area contributed by atoms with Crippen LogP contribution in [0.1, 0.15) is 23.5 Å². The number of anilines is 1. The number of rotatable bonds is 5. The lowest BCUT2D eigenvalue weighted by atomic mass is 10.0. The average Bonchev–Trinajstić information content (AvgIpc) is 3.33. The molecule has 2 heterocycles. The van der Waals surface area contributed by atoms with Crippen molar-refractivity contribution in [3.05, 3.63) is 78.1 Å². The fourth-order valence-electron chi connectivity index (χ4n) is 4.01. The molecular weight excluding hydrogens is 449 g/mol. The Labute approximate surface area is 191 Å². The van der Waals surface area contributed by atoms with Crippen molar-refractivity contribution in [3.8, 4) is 22.0 Å². The summed E-state index contributed by atoms with van der Waals surface area (Å²) in [6, 6.07) is 15.0. The number of imidazole rings is 1. The third-order valence-corrected chi connectivity index (χ3v) is 6.69. The number of hydrogen-bond donors (Lipinski definition) is 1. The predicted molar refractivity (Wildman–Crippen MR) is 121 cm³/mol. The summed E-state index contributed by atoms with van der Waals surface area (Å²) < 4.78 is 42.0. The van der Waals surface area contributed by atoms with Crippen molar-refractivity contribution in [2.45, 2.75) is 18.5 Å². The van der Waals surface area contributed by atoms with Crippen LogP contribution in [-0.4, -0.2) is 20.4 Å². The van der Waals surface area contributed by atoms with Crippen LogP contribution in [0.15, 0.2) is 67.0 Å². The van der Waals surface area contributed by atoms with Crippen molar-refractivity contribution in [1.82, 2.24) is 14.5 Å². The summed E-state index contributed by atoms with van der Waals surface area (Å²) in [4.78, 5) is 22.7. The first kappa shape index (κ1) is 21.4. The lowest BCUT2D eigenvalue weighted by Gasteiger charge is -2.12. The highest BCUT2D eigenvalue weighted by atomic mass is 32.1. The summed E-state index contributed by atoms with van der Waals surface area (Å²) in [6.45, 7) is 0. The highest BCUT2D eigenvalue weighted by Gasteiger charge is 2.48. The summed E-state index contributed by atoms with van der Waals surface area (Å²) >= 11 is 1.30. The number of halogens is 3. The number of benzene rings is 2. The van der Waals surface area contributed by atoms with Crippen molar-refractivity contribution < 1.29 is 18.0 Å². The molecule has 2 aromatic carbocycles. The van der Waals surface area contributed by atoms with E-state index in [0.29, 0.717) is 17.2 Å². The van der Waals surface area contributed by atoms with E-state index in [9.17, 15) is 18.0 Å². The highest BCUT2D eigenvalue weighted by molar-refractivity contribution is 7.19. The van der Waals surface area contributed by atoms with E-state index in [1.807, 2.05) is 48.1 Å². The molecule has 1 amide bonds. The SMILES string of the molecule is Cn1ccnc1-c1sc(NC(=O)C2CC2c2ccccc2C(F)(F)F)nc1-c1ccccc1. The third-order valence-electron chi connectivity index (χ3n) is 5.72. The number of nitrogens with zero attached hydrogens (tertiary/aromatic N) is 3. The van der Waals surface area contributed by atoms with Gasteiger partial charge in [-0.3, -0.25) is 4.79 Å². The Bertz CT molecular complexity index is 1310. The quantitative estimate of drug-likeness (QED) is 0.393. The lowest BCUT2D eigenvalue weighted by Crippen LogP contribution is -2.15. The first-order valence-corrected chi connectivity index (χ1v) is 11.2. The Hall–Kier alpha value is -3.46. The van der Waals surface area contributed by atoms with Crippen LogP contribution in [0.4, 0.5) is 18.3 Å². The number of carbonyl (C=O) groups excluding carboxylic acids is 1. The average molecular weight is 469 g/mol. The summed E-state index contributed by atoms with van der Waals surface area (Å²) in [7, 11) is 1.88. The van der Waals surface area contributed by atoms with Gasteiger partial charge < -0.3 is 9.88 Å². The maximum atomic E-state index is 13.4. The standard InChI is InChI=1S/C24H19F3N4OS/c1-31-12-11-28-21(31)20-19(14-7-3-2-4-8-14)29-23(33-20)30-22(32)17-13-16(17)15-9-5-6-10-18(15)24(25,26)27/h2-12,16-17H,13H2,1H3,(H,29,30,32). The molecule has 33 heavy (non-hydrogen) atoms. The van der Waals surface area contributed by atoms with Crippen LogP contribution in [0.5, 0.6) is 0 Å². The van der Waals surface area contributed by atoms with E-state index in [1.54, 1.807) is 12.3 Å². The van der Waals surface area contributed by atoms with Gasteiger partial charge in [0, 0.05) is 30.9 Å². The number of nitrogens with one attached hydrogen (secondary N) is 1. The Morgan fingerprint density at radius 1 is 1.12 bits per heavy atom. The van der Waals surface area contributed by atoms with Crippen molar-refractivity contribution in [1.29, 1.82) is 0 Å². The monoisotopic (exact) mass is 468 g/mol. The summed E-state index contributed by atoms with van der Waals surface area (Å²) in [6.07, 6.45) is -0.553. The fraction of sp³-hybridized carbons (Fsp3) is 0.208. The van der Waals surface area contributed by atoms with Crippen LogP contribution in [0.2, 0.25) is 0 Å². The van der Waals surface area contributed by atoms with E-state index in [0.717, 1.165) is 22.3 Å². The molecule has 5 nitrogen and oxygen atoms in total. The number of amides is 1. The Morgan fingerprint density at radius 2 is 1.85 bits per heavy atom. The van der Waals surface area contributed by atoms with Crippen LogP contribution in [0, 0.1) is 5.92 Å². The zero-order valence-electron chi connectivity index (χ0n) is 17.5. The Morgan fingerprint density at radius 3 is 2.55 bits per heavy atom. The molecular formula is C24H19F3N4OS. The molecule has 1 aliphatic rings. The smallest absolute Gasteiger partial charge is 0.333 e. The third kappa shape index (κ3) is 4.16. The van der Waals surface area contributed by atoms with Gasteiger partial charge in [0.1, 0.15) is 0 Å². The maximum Gasteiger partial charge on any atom is 0.416 e. The molecule has 2 aromatic heterocycles. The van der Waals surface area contributed by atoms with Crippen molar-refractivity contribution >= 4 is 22.4 Å². The fourth-order valence-corrected chi connectivity index (χ4v) is 5.04. The Balaban J connectivity index is 1.41. The minimum atomic E-state index is -4.45. The molecule has 1 aliphatic carbocycles. The van der Waals surface area contributed by atoms with Gasteiger partial charge in [0.25, 0.3) is 0 Å². The molecule has 1 fully saturated rings. The molecule has 1 N–H and O–H groups in total. The normalized spacial score (nSPS) is 17.7. The largest absolute Gasteiger partial charge is 0.416 e. The number of carbonyl (C=O) groups is 1. The predicted octanol–water partition coefficient (Wildman–Crippen LogP) is 5.97. The topological polar surface area (TPSA) is 59.8 Å². The number of aromatic nitrogens is 3. The molecule has 0 spiro atoms. The number of hydrogen-bond acceptors (Lipinski definition) is 4. The van der Waals surface area contributed by atoms with E-state index in [1.165, 1.54) is 23.5 Å². The molecule has 2 unspecified atom stereocenters. The van der Waals surface area contributed by atoms with Crippen molar-refractivity contribution in [2.75, 3.05) is 5.32 Å². The van der Waals surface area contributed by atoms with Gasteiger partial charge in [-0.25, -0.2) is 9.97 Å². The highest BCUT2D eigenvalue weighted by Crippen LogP contribution is 2.51. The summed E-state index contributed by atoms with van der Waals surface area (Å²) in [5.74, 6) is -0.577. The molecule has 4 aromatic rings. The molecule has 2 atom stereocenters. The van der Waals surface area contributed by atoms with Crippen molar-refractivity contribution in [3.63, 3.8) is 0 Å². The van der Waals surface area contributed by atoms with Crippen LogP contribution >= 0.6 is 11.3 Å². The molecule has 9 heteroatoms. The van der Waals surface area contributed by atoms with E-state index in [-0.39, 0.29) is 11.5 Å². The molecule has 1 saturated carbocycles. The molecule has 0 bridgehead atoms. The van der Waals surface area contributed by atoms with Gasteiger partial charge in [0.15, 0.2) is 11.0 Å². The summed E-state index contributed by atoms with van der Waals surface area (Å²) in [5, 5.41) is 3.22. The van der Waals surface area contributed by atoms with Crippen LogP contribution < -0.4 is 5.32 Å². The zero-order chi connectivity index (χ0) is 23.2. The second-order valence-corrected chi connectivity index (χ2v) is 8.95. The minimum Gasteiger partial charge on any atom is -0.333 e. The number of thiazole rings is 1. The number of alkyl halides is 3. The van der Waals surface area contributed by atoms with Gasteiger partial charge in [-0.1, -0.05) is 59.9 Å². The molecule has 0 radical (unpaired) electrons. The maximum absolute atomic E-state index is 13.4. The van der Waals surface area contributed by atoms with E-state index in [2.05, 4.69) is 15.3 Å². The van der Waals surface area contributed by atoms with Gasteiger partial charge >= 0.3 is 6.18 Å². The first-order chi connectivity index (χ1) is 15.8. The van der Waals surface area contributed by atoms with E-state index >= 15 is 0 Å². The second-order valence-electron chi connectivity index (χ2n) is 7.95. The van der Waals surface area contributed by atoms with E-state index < -0.39 is 23.6 Å². The van der Waals surface area contributed by atoms with Crippen molar-refractivity contribution in [2.24, 2.45) is 13.0 Å². The first-order valence-electron chi connectivity index (χ1n) is 10.3. The number of aryl methyl sites for hydroxylation is 1. The van der Waals surface area contributed by atoms with E-state index in [4.69, 9.17) is 0 Å². The van der Waals surface area contributed by atoms with Gasteiger partial charge in [-0.05, 0) is 24.0 Å². The zero-order valence-corrected chi connectivity index (χ0v) is 18.3. The van der Waals surface area contributed by atoms with Crippen LogP contribution in [-0.2, 0) is 18.0 Å². The van der Waals surface area contributed by atoms with Crippen LogP contribution in [0.3, 0.4) is 0 Å². The molecule has 0 saturated heterocycles. The molecule has 168 valence electrons. The van der Waals surface area contributed by atoms with Gasteiger partial charge in [-0.15, -0.1) is 0 Å². The Kier molecular flexibility index (Phi) is 5.28. The second kappa shape index (κ2) is 8.15. The molecule has 5 rings (SSSR count). The van der Waals surface area contributed by atoms with Crippen LogP contribution in [0.25, 0.3) is 22.0 Å². The van der Waals surface area contributed by atoms with Gasteiger partial charge in [0.2, 0.25) is 5.91 Å². The van der Waals surface area contributed by atoms with Gasteiger partial charge in [0.05, 0.1) is 16.1 Å². The summed E-state index contributed by atoms with van der Waals surface area (Å²) in [5.41, 5.74) is 1.07.